The predicted octanol–water partition coefficient (Wildman–Crippen LogP) is 7.49. The van der Waals surface area contributed by atoms with Crippen molar-refractivity contribution in [2.75, 3.05) is 44.0 Å². The zero-order valence-corrected chi connectivity index (χ0v) is 34.0. The Kier molecular flexibility index (Phi) is 18.1. The molecule has 2 aromatic rings. The van der Waals surface area contributed by atoms with Crippen LogP contribution in [0.1, 0.15) is 75.3 Å². The summed E-state index contributed by atoms with van der Waals surface area (Å²) in [5.41, 5.74) is 8.38. The molecule has 0 bridgehead atoms. The summed E-state index contributed by atoms with van der Waals surface area (Å²) in [7, 11) is 2.77. The first kappa shape index (κ1) is 43.5. The smallest absolute Gasteiger partial charge is 0.328 e. The van der Waals surface area contributed by atoms with Gasteiger partial charge in [-0.2, -0.15) is 23.5 Å². The average Bonchev–Trinajstić information content (AvgIpc) is 3.10. The van der Waals surface area contributed by atoms with Crippen molar-refractivity contribution in [1.29, 1.82) is 0 Å². The molecular formula is C38H54N4O6S4. The Morgan fingerprint density at radius 2 is 1.17 bits per heavy atom. The van der Waals surface area contributed by atoms with E-state index in [2.05, 4.69) is 23.1 Å². The Balaban J connectivity index is 0.000000281. The fraction of sp³-hybridized carbons (Fsp3) is 0.579. The highest BCUT2D eigenvalue weighted by Crippen LogP contribution is 2.47. The average molecular weight is 791 g/mol. The normalized spacial score (nSPS) is 16.3. The number of hydrogen-bond donors (Lipinski definition) is 3. The molecule has 0 saturated heterocycles. The van der Waals surface area contributed by atoms with Crippen LogP contribution in [0, 0.1) is 20.9 Å². The van der Waals surface area contributed by atoms with Gasteiger partial charge in [0.05, 0.1) is 29.1 Å². The van der Waals surface area contributed by atoms with Gasteiger partial charge in [-0.15, -0.1) is 0 Å². The Morgan fingerprint density at radius 1 is 0.788 bits per heavy atom. The van der Waals surface area contributed by atoms with Crippen LogP contribution in [0.25, 0.3) is 0 Å². The monoisotopic (exact) mass is 790 g/mol. The van der Waals surface area contributed by atoms with Crippen LogP contribution >= 0.6 is 48.0 Å². The summed E-state index contributed by atoms with van der Waals surface area (Å²) in [4.78, 5) is 36.4. The highest BCUT2D eigenvalue weighted by atomic mass is 32.2. The molecule has 0 amide bonds. The van der Waals surface area contributed by atoms with E-state index >= 15 is 0 Å². The fourth-order valence-corrected chi connectivity index (χ4v) is 8.43. The third kappa shape index (κ3) is 12.6. The van der Waals surface area contributed by atoms with Gasteiger partial charge in [-0.3, -0.25) is 10.1 Å². The van der Waals surface area contributed by atoms with E-state index in [1.165, 1.54) is 32.8 Å². The van der Waals surface area contributed by atoms with E-state index in [1.807, 2.05) is 47.8 Å². The maximum atomic E-state index is 12.3. The number of ether oxygens (including phenoxy) is 2. The molecule has 0 heterocycles. The molecule has 4 rings (SSSR count). The van der Waals surface area contributed by atoms with Crippen molar-refractivity contribution in [3.63, 3.8) is 0 Å². The minimum absolute atomic E-state index is 0.00713. The largest absolute Gasteiger partial charge is 0.467 e. The summed E-state index contributed by atoms with van der Waals surface area (Å²) in [6.45, 7) is 0. The second kappa shape index (κ2) is 21.7. The van der Waals surface area contributed by atoms with Gasteiger partial charge in [0.1, 0.15) is 12.1 Å². The first-order valence-corrected chi connectivity index (χ1v) is 21.4. The molecule has 0 radical (unpaired) electrons. The molecule has 4 N–H and O–H groups in total. The van der Waals surface area contributed by atoms with Gasteiger partial charge < -0.3 is 25.8 Å². The molecule has 2 saturated carbocycles. The van der Waals surface area contributed by atoms with Crippen LogP contribution < -0.4 is 16.4 Å². The Labute approximate surface area is 328 Å². The lowest BCUT2D eigenvalue weighted by Crippen LogP contribution is -2.51. The number of non-ortho nitro benzene ring substituents is 1. The van der Waals surface area contributed by atoms with Crippen LogP contribution in [0.3, 0.4) is 0 Å². The maximum absolute atomic E-state index is 12.3. The molecule has 2 aliphatic carbocycles. The van der Waals surface area contributed by atoms with E-state index in [-0.39, 0.29) is 28.5 Å². The fourth-order valence-electron chi connectivity index (χ4n) is 6.67. The van der Waals surface area contributed by atoms with Gasteiger partial charge >= 0.3 is 11.9 Å². The maximum Gasteiger partial charge on any atom is 0.328 e. The van der Waals surface area contributed by atoms with Gasteiger partial charge in [-0.05, 0) is 98.6 Å². The van der Waals surface area contributed by atoms with Gasteiger partial charge in [0, 0.05) is 41.5 Å². The number of hydrogen-bond acceptors (Lipinski definition) is 11. The molecule has 286 valence electrons. The highest BCUT2D eigenvalue weighted by molar-refractivity contribution is 7.98. The minimum atomic E-state index is -0.595. The van der Waals surface area contributed by atoms with Crippen molar-refractivity contribution < 1.29 is 24.0 Å². The van der Waals surface area contributed by atoms with Crippen molar-refractivity contribution in [1.82, 2.24) is 10.6 Å². The number of nitro benzene ring substituents is 1. The van der Waals surface area contributed by atoms with E-state index in [9.17, 15) is 19.7 Å². The number of thioether (sulfide) groups is 2. The number of esters is 2. The first-order valence-electron chi connectivity index (χ1n) is 17.8. The number of nitrogens with one attached hydrogen (secondary N) is 2. The molecule has 14 heteroatoms. The molecule has 2 fully saturated rings. The molecule has 52 heavy (non-hydrogen) atoms. The number of nitrogens with zero attached hydrogens (tertiary/aromatic N) is 1. The summed E-state index contributed by atoms with van der Waals surface area (Å²) < 4.78 is 9.92. The van der Waals surface area contributed by atoms with E-state index in [0.29, 0.717) is 18.5 Å². The summed E-state index contributed by atoms with van der Waals surface area (Å²) in [6, 6.07) is 12.7. The Hall–Kier alpha value is -2.94. The highest BCUT2D eigenvalue weighted by Gasteiger charge is 2.43. The molecular weight excluding hydrogens is 737 g/mol. The third-order valence-corrected chi connectivity index (χ3v) is 12.7. The Morgan fingerprint density at radius 3 is 1.48 bits per heavy atom. The van der Waals surface area contributed by atoms with Crippen LogP contribution in [0.4, 0.5) is 11.4 Å². The molecule has 0 aromatic heterocycles. The molecule has 10 nitrogen and oxygen atoms in total. The van der Waals surface area contributed by atoms with Crippen molar-refractivity contribution in [3.8, 4) is 0 Å². The summed E-state index contributed by atoms with van der Waals surface area (Å²) in [6.07, 6.45) is 16.2. The van der Waals surface area contributed by atoms with Crippen LogP contribution in [0.15, 0.2) is 48.5 Å². The number of benzene rings is 2. The number of nitrogen functional groups attached to an aromatic ring is 1. The van der Waals surface area contributed by atoms with Crippen molar-refractivity contribution in [3.05, 3.63) is 69.8 Å². The molecule has 0 aliphatic heterocycles. The number of carbonyl (C=O) groups excluding carboxylic acids is 2. The molecule has 2 atom stereocenters. The minimum Gasteiger partial charge on any atom is -0.467 e. The summed E-state index contributed by atoms with van der Waals surface area (Å²) in [5, 5.41) is 17.4. The lowest BCUT2D eigenvalue weighted by Gasteiger charge is -2.43. The molecule has 2 aliphatic rings. The molecule has 2 unspecified atom stereocenters. The van der Waals surface area contributed by atoms with Crippen LogP contribution in [-0.4, -0.2) is 77.2 Å². The standard InChI is InChI=1S/C19H26N2O4S2.C19H28N2O2S2/c1-25-17(22)16(13-14-5-7-15(8-6-14)21(23)24)20-18(26)19(9-3-10-19)11-4-12-27-2;1-23-17(22)16(13-14-5-7-15(20)8-6-14)21-18(24)19(9-3-10-19)11-4-12-25-2/h5-8,16H,3-4,9-13H2,1-2H3,(H,20,26);5-8,16H,3-4,9-13,20H2,1-2H3,(H,21,24). The van der Waals surface area contributed by atoms with Crippen molar-refractivity contribution in [2.45, 2.75) is 89.1 Å². The quantitative estimate of drug-likeness (QED) is 0.0323. The van der Waals surface area contributed by atoms with Gasteiger partial charge in [-0.25, -0.2) is 9.59 Å². The van der Waals surface area contributed by atoms with Crippen LogP contribution in [0.5, 0.6) is 0 Å². The van der Waals surface area contributed by atoms with Gasteiger partial charge in [0.25, 0.3) is 5.69 Å². The van der Waals surface area contributed by atoms with Crippen LogP contribution in [0.2, 0.25) is 0 Å². The number of thiocarbonyl (C=S) groups is 2. The van der Waals surface area contributed by atoms with Gasteiger partial charge in [0.15, 0.2) is 0 Å². The number of nitrogens with two attached hydrogens (primary N) is 1. The SMILES string of the molecule is COC(=O)C(Cc1ccc(N)cc1)NC(=S)C1(CCCSC)CCC1.COC(=O)C(Cc1ccc([N+](=O)[O-])cc1)NC(=S)C1(CCCSC)CCC1. The van der Waals surface area contributed by atoms with E-state index < -0.39 is 17.0 Å². The lowest BCUT2D eigenvalue weighted by atomic mass is 9.66. The van der Waals surface area contributed by atoms with Crippen molar-refractivity contribution >= 4 is 81.2 Å². The molecule has 2 aromatic carbocycles. The van der Waals surface area contributed by atoms with E-state index in [1.54, 1.807) is 12.1 Å². The lowest BCUT2D eigenvalue weighted by molar-refractivity contribution is -0.384. The second-order valence-corrected chi connectivity index (χ2v) is 16.4. The van der Waals surface area contributed by atoms with E-state index in [4.69, 9.17) is 39.6 Å². The number of rotatable bonds is 19. The van der Waals surface area contributed by atoms with Gasteiger partial charge in [-0.1, -0.05) is 61.5 Å². The molecule has 0 spiro atoms. The summed E-state index contributed by atoms with van der Waals surface area (Å²) >= 11 is 15.1. The third-order valence-electron chi connectivity index (χ3n) is 10.2. The number of methoxy groups -OCH3 is 2. The first-order chi connectivity index (χ1) is 24.9. The van der Waals surface area contributed by atoms with Crippen LogP contribution in [-0.2, 0) is 31.9 Å². The zero-order valence-electron chi connectivity index (χ0n) is 30.8. The van der Waals surface area contributed by atoms with E-state index in [0.717, 1.165) is 90.4 Å². The second-order valence-electron chi connectivity index (χ2n) is 13.6. The predicted molar refractivity (Wildman–Crippen MR) is 222 cm³/mol. The topological polar surface area (TPSA) is 146 Å². The number of nitro groups is 1. The summed E-state index contributed by atoms with van der Waals surface area (Å²) in [5.74, 6) is 1.59. The van der Waals surface area contributed by atoms with Gasteiger partial charge in [0.2, 0.25) is 0 Å². The van der Waals surface area contributed by atoms with Crippen molar-refractivity contribution in [2.24, 2.45) is 10.8 Å². The number of carbonyl (C=O) groups is 2. The zero-order chi connectivity index (χ0) is 38.1. The number of anilines is 1. The Bertz CT molecular complexity index is 1480.